The minimum Gasteiger partial charge on any atom is -0.484 e. The van der Waals surface area contributed by atoms with Crippen LogP contribution < -0.4 is 9.64 Å². The Bertz CT molecular complexity index is 837. The van der Waals surface area contributed by atoms with Crippen LogP contribution in [0.4, 0.5) is 11.4 Å². The fraction of sp³-hybridized carbons (Fsp3) is 0.278. The first kappa shape index (κ1) is 19.3. The number of piperazine rings is 1. The van der Waals surface area contributed by atoms with Gasteiger partial charge in [-0.25, -0.2) is 0 Å². The molecule has 0 aromatic heterocycles. The topological polar surface area (TPSA) is 75.9 Å². The molecule has 0 unspecified atom stereocenters. The second-order valence-electron chi connectivity index (χ2n) is 5.98. The highest BCUT2D eigenvalue weighted by atomic mass is 35.5. The number of nitro groups is 1. The fourth-order valence-corrected chi connectivity index (χ4v) is 3.33. The van der Waals surface area contributed by atoms with Gasteiger partial charge < -0.3 is 14.5 Å². The van der Waals surface area contributed by atoms with Crippen molar-refractivity contribution in [2.45, 2.75) is 0 Å². The molecule has 1 amide bonds. The van der Waals surface area contributed by atoms with Crippen molar-refractivity contribution in [3.63, 3.8) is 0 Å². The Hall–Kier alpha value is -2.51. The number of anilines is 1. The average Bonchev–Trinajstić information content (AvgIpc) is 2.67. The van der Waals surface area contributed by atoms with Crippen LogP contribution in [-0.4, -0.2) is 48.5 Å². The number of carbonyl (C=O) groups excluding carboxylic acids is 1. The quantitative estimate of drug-likeness (QED) is 0.556. The zero-order valence-corrected chi connectivity index (χ0v) is 15.8. The number of rotatable bonds is 5. The van der Waals surface area contributed by atoms with Gasteiger partial charge in [0, 0.05) is 37.3 Å². The van der Waals surface area contributed by atoms with Crippen LogP contribution >= 0.6 is 23.2 Å². The molecule has 3 rings (SSSR count). The van der Waals surface area contributed by atoms with Crippen LogP contribution in [0.25, 0.3) is 0 Å². The standard InChI is InChI=1S/C18H17Cl2N3O4/c19-13-4-6-14(7-5-13)27-12-17(24)21-8-10-22(11-9-21)18-15(20)2-1-3-16(18)23(25)26/h1-7H,8-12H2. The fourth-order valence-electron chi connectivity index (χ4n) is 2.91. The van der Waals surface area contributed by atoms with Crippen LogP contribution in [0, 0.1) is 10.1 Å². The smallest absolute Gasteiger partial charge is 0.294 e. The molecule has 0 spiro atoms. The summed E-state index contributed by atoms with van der Waals surface area (Å²) in [6, 6.07) is 11.4. The van der Waals surface area contributed by atoms with Crippen LogP contribution in [0.5, 0.6) is 5.75 Å². The van der Waals surface area contributed by atoms with Crippen molar-refractivity contribution in [1.29, 1.82) is 0 Å². The van der Waals surface area contributed by atoms with Crippen LogP contribution in [0.2, 0.25) is 10.0 Å². The minimum absolute atomic E-state index is 0.0339. The maximum atomic E-state index is 12.3. The van der Waals surface area contributed by atoms with E-state index in [2.05, 4.69) is 0 Å². The Labute approximate surface area is 166 Å². The molecule has 0 radical (unpaired) electrons. The monoisotopic (exact) mass is 409 g/mol. The maximum Gasteiger partial charge on any atom is 0.294 e. The summed E-state index contributed by atoms with van der Waals surface area (Å²) in [4.78, 5) is 26.7. The highest BCUT2D eigenvalue weighted by Gasteiger charge is 2.27. The summed E-state index contributed by atoms with van der Waals surface area (Å²) < 4.78 is 5.48. The van der Waals surface area contributed by atoms with E-state index in [9.17, 15) is 14.9 Å². The molecule has 2 aromatic carbocycles. The van der Waals surface area contributed by atoms with Gasteiger partial charge in [0.2, 0.25) is 0 Å². The zero-order valence-electron chi connectivity index (χ0n) is 14.3. The van der Waals surface area contributed by atoms with Crippen molar-refractivity contribution in [3.8, 4) is 5.75 Å². The number of nitro benzene ring substituents is 1. The summed E-state index contributed by atoms with van der Waals surface area (Å²) in [7, 11) is 0. The minimum atomic E-state index is -0.446. The Balaban J connectivity index is 1.58. The molecule has 1 saturated heterocycles. The lowest BCUT2D eigenvalue weighted by Crippen LogP contribution is -2.50. The van der Waals surface area contributed by atoms with Gasteiger partial charge in [0.1, 0.15) is 11.4 Å². The number of halogens is 2. The summed E-state index contributed by atoms with van der Waals surface area (Å²) in [5, 5.41) is 12.2. The lowest BCUT2D eigenvalue weighted by molar-refractivity contribution is -0.384. The number of ether oxygens (including phenoxy) is 1. The van der Waals surface area contributed by atoms with E-state index < -0.39 is 4.92 Å². The molecule has 0 N–H and O–H groups in total. The van der Waals surface area contributed by atoms with Crippen molar-refractivity contribution < 1.29 is 14.5 Å². The third-order valence-corrected chi connectivity index (χ3v) is 4.84. The van der Waals surface area contributed by atoms with Gasteiger partial charge in [-0.3, -0.25) is 14.9 Å². The van der Waals surface area contributed by atoms with Gasteiger partial charge >= 0.3 is 0 Å². The third-order valence-electron chi connectivity index (χ3n) is 4.29. The Kier molecular flexibility index (Phi) is 6.03. The van der Waals surface area contributed by atoms with E-state index in [1.807, 2.05) is 4.90 Å². The van der Waals surface area contributed by atoms with Crippen LogP contribution in [0.15, 0.2) is 42.5 Å². The number of hydrogen-bond donors (Lipinski definition) is 0. The number of benzene rings is 2. The van der Waals surface area contributed by atoms with Crippen molar-refractivity contribution >= 4 is 40.5 Å². The summed E-state index contributed by atoms with van der Waals surface area (Å²) >= 11 is 12.0. The maximum absolute atomic E-state index is 12.3. The van der Waals surface area contributed by atoms with Crippen molar-refractivity contribution in [2.24, 2.45) is 0 Å². The Morgan fingerprint density at radius 2 is 1.74 bits per heavy atom. The number of hydrogen-bond acceptors (Lipinski definition) is 5. The molecular weight excluding hydrogens is 393 g/mol. The second kappa shape index (κ2) is 8.45. The molecule has 9 heteroatoms. The van der Waals surface area contributed by atoms with Gasteiger partial charge in [-0.1, -0.05) is 29.3 Å². The summed E-state index contributed by atoms with van der Waals surface area (Å²) in [5.41, 5.74) is 0.363. The molecule has 1 heterocycles. The molecule has 1 fully saturated rings. The number of carbonyl (C=O) groups is 1. The highest BCUT2D eigenvalue weighted by molar-refractivity contribution is 6.33. The van der Waals surface area contributed by atoms with E-state index in [0.717, 1.165) is 0 Å². The van der Waals surface area contributed by atoms with E-state index >= 15 is 0 Å². The van der Waals surface area contributed by atoms with Crippen molar-refractivity contribution in [2.75, 3.05) is 37.7 Å². The first-order chi connectivity index (χ1) is 13.0. The summed E-state index contributed by atoms with van der Waals surface area (Å²) in [5.74, 6) is 0.427. The summed E-state index contributed by atoms with van der Waals surface area (Å²) in [6.45, 7) is 1.71. The zero-order chi connectivity index (χ0) is 19.4. The lowest BCUT2D eigenvalue weighted by atomic mass is 10.2. The van der Waals surface area contributed by atoms with Crippen LogP contribution in [0.1, 0.15) is 0 Å². The normalized spacial score (nSPS) is 14.1. The molecule has 142 valence electrons. The Morgan fingerprint density at radius 3 is 2.37 bits per heavy atom. The molecule has 0 bridgehead atoms. The van der Waals surface area contributed by atoms with E-state index in [4.69, 9.17) is 27.9 Å². The first-order valence-corrected chi connectivity index (χ1v) is 9.05. The van der Waals surface area contributed by atoms with Gasteiger partial charge in [0.05, 0.1) is 9.95 Å². The molecular formula is C18H17Cl2N3O4. The molecule has 27 heavy (non-hydrogen) atoms. The van der Waals surface area contributed by atoms with Gasteiger partial charge in [0.15, 0.2) is 6.61 Å². The molecule has 0 saturated carbocycles. The van der Waals surface area contributed by atoms with E-state index in [-0.39, 0.29) is 18.2 Å². The molecule has 1 aliphatic heterocycles. The van der Waals surface area contributed by atoms with Gasteiger partial charge in [-0.15, -0.1) is 0 Å². The molecule has 0 atom stereocenters. The van der Waals surface area contributed by atoms with E-state index in [0.29, 0.717) is 47.7 Å². The molecule has 2 aromatic rings. The van der Waals surface area contributed by atoms with Crippen LogP contribution in [-0.2, 0) is 4.79 Å². The van der Waals surface area contributed by atoms with Gasteiger partial charge in [0.25, 0.3) is 11.6 Å². The first-order valence-electron chi connectivity index (χ1n) is 8.29. The SMILES string of the molecule is O=C(COc1ccc(Cl)cc1)N1CCN(c2c(Cl)cccc2[N+](=O)[O-])CC1. The molecule has 1 aliphatic rings. The van der Waals surface area contributed by atoms with Crippen molar-refractivity contribution in [3.05, 3.63) is 62.6 Å². The second-order valence-corrected chi connectivity index (χ2v) is 6.82. The number of amides is 1. The average molecular weight is 410 g/mol. The molecule has 7 nitrogen and oxygen atoms in total. The Morgan fingerprint density at radius 1 is 1.07 bits per heavy atom. The molecule has 0 aliphatic carbocycles. The lowest BCUT2D eigenvalue weighted by Gasteiger charge is -2.36. The third kappa shape index (κ3) is 4.61. The van der Waals surface area contributed by atoms with Gasteiger partial charge in [-0.05, 0) is 30.3 Å². The highest BCUT2D eigenvalue weighted by Crippen LogP contribution is 2.35. The summed E-state index contributed by atoms with van der Waals surface area (Å²) in [6.07, 6.45) is 0. The largest absolute Gasteiger partial charge is 0.484 e. The predicted molar refractivity (Wildman–Crippen MR) is 104 cm³/mol. The van der Waals surface area contributed by atoms with Gasteiger partial charge in [-0.2, -0.15) is 0 Å². The predicted octanol–water partition coefficient (Wildman–Crippen LogP) is 3.63. The number of nitrogens with zero attached hydrogens (tertiary/aromatic N) is 3. The van der Waals surface area contributed by atoms with Crippen molar-refractivity contribution in [1.82, 2.24) is 4.90 Å². The van der Waals surface area contributed by atoms with Crippen LogP contribution in [0.3, 0.4) is 0 Å². The van der Waals surface area contributed by atoms with E-state index in [1.165, 1.54) is 6.07 Å². The van der Waals surface area contributed by atoms with E-state index in [1.54, 1.807) is 41.3 Å². The number of para-hydroxylation sites is 1.